The van der Waals surface area contributed by atoms with Crippen molar-refractivity contribution in [2.45, 2.75) is 44.6 Å². The summed E-state index contributed by atoms with van der Waals surface area (Å²) in [5.41, 5.74) is -0.0380. The van der Waals surface area contributed by atoms with Gasteiger partial charge in [-0.3, -0.25) is 4.79 Å². The summed E-state index contributed by atoms with van der Waals surface area (Å²) in [6, 6.07) is 5.31. The van der Waals surface area contributed by atoms with E-state index < -0.39 is 11.0 Å². The van der Waals surface area contributed by atoms with E-state index >= 15 is 0 Å². The van der Waals surface area contributed by atoms with E-state index in [0.717, 1.165) is 5.56 Å². The van der Waals surface area contributed by atoms with E-state index in [0.29, 0.717) is 42.4 Å². The third kappa shape index (κ3) is 3.37. The van der Waals surface area contributed by atoms with Gasteiger partial charge in [-0.1, -0.05) is 11.6 Å². The number of carbonyl (C=O) groups excluding carboxylic acids is 2. The molecule has 150 valence electrons. The molecule has 1 fully saturated rings. The number of likely N-dealkylation sites (tertiary alicyclic amines) is 1. The number of carbonyl (C=O) groups is 2. The molecule has 2 aliphatic rings. The third-order valence-electron chi connectivity index (χ3n) is 5.18. The molecule has 0 atom stereocenters. The van der Waals surface area contributed by atoms with E-state index in [1.165, 1.54) is 0 Å². The van der Waals surface area contributed by atoms with Gasteiger partial charge in [-0.15, -0.1) is 0 Å². The molecule has 1 spiro atoms. The first-order valence-corrected chi connectivity index (χ1v) is 9.57. The molecule has 1 saturated heterocycles. The van der Waals surface area contributed by atoms with Crippen LogP contribution in [0.25, 0.3) is 0 Å². The van der Waals surface area contributed by atoms with E-state index in [9.17, 15) is 9.59 Å². The van der Waals surface area contributed by atoms with Crippen LogP contribution < -0.4 is 9.64 Å². The number of nitrogens with zero attached hydrogens (tertiary/aromatic N) is 3. The molecule has 0 aromatic heterocycles. The normalized spacial score (nSPS) is 18.1. The van der Waals surface area contributed by atoms with Gasteiger partial charge in [-0.2, -0.15) is 5.26 Å². The summed E-state index contributed by atoms with van der Waals surface area (Å²) in [6.45, 7) is 6.15. The maximum absolute atomic E-state index is 13.2. The van der Waals surface area contributed by atoms with Crippen LogP contribution >= 0.6 is 11.6 Å². The van der Waals surface area contributed by atoms with E-state index in [4.69, 9.17) is 26.3 Å². The molecule has 0 unspecified atom stereocenters. The van der Waals surface area contributed by atoms with E-state index in [1.807, 2.05) is 26.8 Å². The molecule has 0 saturated carbocycles. The summed E-state index contributed by atoms with van der Waals surface area (Å²) >= 11 is 6.51. The molecule has 0 N–H and O–H groups in total. The van der Waals surface area contributed by atoms with Crippen molar-refractivity contribution in [2.24, 2.45) is 0 Å². The highest BCUT2D eigenvalue weighted by Gasteiger charge is 2.54. The van der Waals surface area contributed by atoms with Gasteiger partial charge < -0.3 is 19.3 Å². The third-order valence-corrected chi connectivity index (χ3v) is 5.49. The molecular weight excluding hydrogens is 382 g/mol. The summed E-state index contributed by atoms with van der Waals surface area (Å²) in [4.78, 5) is 28.8. The molecule has 0 aliphatic carbocycles. The van der Waals surface area contributed by atoms with Crippen LogP contribution in [0.1, 0.15) is 39.2 Å². The molecule has 2 amide bonds. The number of amides is 2. The predicted molar refractivity (Wildman–Crippen MR) is 105 cm³/mol. The Labute approximate surface area is 169 Å². The number of halogens is 1. The fraction of sp³-hybridized carbons (Fsp3) is 0.550. The molecule has 1 aromatic rings. The predicted octanol–water partition coefficient (Wildman–Crippen LogP) is 3.49. The lowest BCUT2D eigenvalue weighted by atomic mass is 9.73. The van der Waals surface area contributed by atoms with Gasteiger partial charge in [0.05, 0.1) is 11.1 Å². The first kappa shape index (κ1) is 20.3. The van der Waals surface area contributed by atoms with Gasteiger partial charge in [0, 0.05) is 30.7 Å². The average molecular weight is 406 g/mol. The van der Waals surface area contributed by atoms with Crippen molar-refractivity contribution in [3.63, 3.8) is 0 Å². The Morgan fingerprint density at radius 2 is 1.96 bits per heavy atom. The monoisotopic (exact) mass is 405 g/mol. The Balaban J connectivity index is 1.91. The zero-order valence-electron chi connectivity index (χ0n) is 16.5. The minimum atomic E-state index is -0.800. The SMILES string of the molecule is CN1C(=O)C2(CCN(C(=O)OC(C)(C)C)CC2)c2c(Cl)ccc(OCC#N)c21. The van der Waals surface area contributed by atoms with Crippen LogP contribution in [-0.2, 0) is 14.9 Å². The summed E-state index contributed by atoms with van der Waals surface area (Å²) in [7, 11) is 1.69. The van der Waals surface area contributed by atoms with Crippen LogP contribution in [0.2, 0.25) is 5.02 Å². The van der Waals surface area contributed by atoms with E-state index in [1.54, 1.807) is 29.0 Å². The Morgan fingerprint density at radius 1 is 1.32 bits per heavy atom. The van der Waals surface area contributed by atoms with E-state index in [-0.39, 0.29) is 18.6 Å². The van der Waals surface area contributed by atoms with Crippen LogP contribution in [0, 0.1) is 11.3 Å². The molecule has 1 aromatic carbocycles. The van der Waals surface area contributed by atoms with Gasteiger partial charge >= 0.3 is 6.09 Å². The van der Waals surface area contributed by atoms with Crippen molar-refractivity contribution >= 4 is 29.3 Å². The number of nitriles is 1. The van der Waals surface area contributed by atoms with Crippen LogP contribution in [0.5, 0.6) is 5.75 Å². The number of rotatable bonds is 2. The Kier molecular flexibility index (Phi) is 5.20. The second kappa shape index (κ2) is 7.17. The second-order valence-electron chi connectivity index (χ2n) is 8.13. The van der Waals surface area contributed by atoms with Crippen molar-refractivity contribution in [1.29, 1.82) is 5.26 Å². The summed E-state index contributed by atoms with van der Waals surface area (Å²) in [5, 5.41) is 9.31. The minimum absolute atomic E-state index is 0.0683. The van der Waals surface area contributed by atoms with Crippen LogP contribution in [0.15, 0.2) is 12.1 Å². The van der Waals surface area contributed by atoms with E-state index in [2.05, 4.69) is 0 Å². The lowest BCUT2D eigenvalue weighted by molar-refractivity contribution is -0.124. The minimum Gasteiger partial charge on any atom is -0.477 e. The van der Waals surface area contributed by atoms with Gasteiger partial charge in [0.15, 0.2) is 6.61 Å². The molecule has 7 nitrogen and oxygen atoms in total. The lowest BCUT2D eigenvalue weighted by Gasteiger charge is -2.39. The Morgan fingerprint density at radius 3 is 2.54 bits per heavy atom. The largest absolute Gasteiger partial charge is 0.477 e. The van der Waals surface area contributed by atoms with Crippen molar-refractivity contribution in [1.82, 2.24) is 4.90 Å². The van der Waals surface area contributed by atoms with Gasteiger partial charge in [0.25, 0.3) is 0 Å². The van der Waals surface area contributed by atoms with Gasteiger partial charge in [0.1, 0.15) is 17.4 Å². The Bertz CT molecular complexity index is 848. The van der Waals surface area contributed by atoms with Crippen molar-refractivity contribution in [3.8, 4) is 11.8 Å². The number of anilines is 1. The van der Waals surface area contributed by atoms with Crippen LogP contribution in [0.4, 0.5) is 10.5 Å². The highest BCUT2D eigenvalue weighted by Crippen LogP contribution is 2.53. The molecule has 28 heavy (non-hydrogen) atoms. The second-order valence-corrected chi connectivity index (χ2v) is 8.54. The van der Waals surface area contributed by atoms with Crippen molar-refractivity contribution in [3.05, 3.63) is 22.7 Å². The smallest absolute Gasteiger partial charge is 0.410 e. The molecule has 8 heteroatoms. The molecule has 2 aliphatic heterocycles. The number of ether oxygens (including phenoxy) is 2. The highest BCUT2D eigenvalue weighted by molar-refractivity contribution is 6.33. The summed E-state index contributed by atoms with van der Waals surface area (Å²) in [5.74, 6) is 0.393. The maximum atomic E-state index is 13.2. The highest BCUT2D eigenvalue weighted by atomic mass is 35.5. The standard InChI is InChI=1S/C20H24ClN3O4/c1-19(2,3)28-18(26)24-10-7-20(8-11-24)15-13(21)5-6-14(27-12-9-22)16(15)23(4)17(20)25/h5-6H,7-8,10-12H2,1-4H3. The molecule has 3 rings (SSSR count). The lowest BCUT2D eigenvalue weighted by Crippen LogP contribution is -2.50. The number of hydrogen-bond donors (Lipinski definition) is 0. The summed E-state index contributed by atoms with van der Waals surface area (Å²) < 4.78 is 11.0. The zero-order chi connectivity index (χ0) is 20.7. The van der Waals surface area contributed by atoms with Gasteiger partial charge in [0.2, 0.25) is 5.91 Å². The number of fused-ring (bicyclic) bond motifs is 2. The quantitative estimate of drug-likeness (QED) is 0.752. The van der Waals surface area contributed by atoms with Gasteiger partial charge in [-0.05, 0) is 45.7 Å². The molecular formula is C20H24ClN3O4. The summed E-state index contributed by atoms with van der Waals surface area (Å²) in [6.07, 6.45) is 0.520. The van der Waals surface area contributed by atoms with Crippen molar-refractivity contribution in [2.75, 3.05) is 31.6 Å². The van der Waals surface area contributed by atoms with Crippen molar-refractivity contribution < 1.29 is 19.1 Å². The molecule has 2 heterocycles. The number of hydrogen-bond acceptors (Lipinski definition) is 5. The van der Waals surface area contributed by atoms with Gasteiger partial charge in [-0.25, -0.2) is 4.79 Å². The number of benzene rings is 1. The number of likely N-dealkylation sites (N-methyl/N-ethyl adjacent to an activating group) is 1. The first-order valence-electron chi connectivity index (χ1n) is 9.19. The molecule has 0 radical (unpaired) electrons. The topological polar surface area (TPSA) is 82.9 Å². The zero-order valence-corrected chi connectivity index (χ0v) is 17.3. The molecule has 0 bridgehead atoms. The fourth-order valence-corrected chi connectivity index (χ4v) is 4.29. The first-order chi connectivity index (χ1) is 13.1. The number of piperidine rings is 1. The van der Waals surface area contributed by atoms with Crippen LogP contribution in [0.3, 0.4) is 0 Å². The average Bonchev–Trinajstić information content (AvgIpc) is 2.84. The fourth-order valence-electron chi connectivity index (χ4n) is 3.95. The Hall–Kier alpha value is -2.46. The van der Waals surface area contributed by atoms with Crippen LogP contribution in [-0.4, -0.2) is 49.2 Å². The maximum Gasteiger partial charge on any atom is 0.410 e.